The lowest BCUT2D eigenvalue weighted by molar-refractivity contribution is 0.125. The van der Waals surface area contributed by atoms with E-state index in [9.17, 15) is 22.3 Å². The van der Waals surface area contributed by atoms with Crippen molar-refractivity contribution in [3.8, 4) is 5.75 Å². The maximum Gasteiger partial charge on any atom is 0.311 e. The number of para-hydroxylation sites is 1. The van der Waals surface area contributed by atoms with E-state index >= 15 is 0 Å². The topological polar surface area (TPSA) is 87.7 Å². The number of aliphatic hydroxyl groups is 1. The maximum atomic E-state index is 13.4. The standard InChI is InChI=1S/C19H22F2N2O4S/c1-22-16(8-12-6-13(20)9-14(21)7-12)18(24)10-23-17-11-28(25,26)27-19-5-3-2-4-15(17)19/h2-7,9,16-18,22-24H,8,10-11H2,1H3/t16-,17?,18+/m0/s1. The number of rotatable bonds is 7. The van der Waals surface area contributed by atoms with Crippen molar-refractivity contribution in [3.05, 3.63) is 65.2 Å². The van der Waals surface area contributed by atoms with Gasteiger partial charge in [-0.25, -0.2) is 8.78 Å². The van der Waals surface area contributed by atoms with Crippen molar-refractivity contribution in [2.24, 2.45) is 0 Å². The molecular weight excluding hydrogens is 390 g/mol. The molecule has 0 amide bonds. The van der Waals surface area contributed by atoms with Crippen LogP contribution in [0.1, 0.15) is 17.2 Å². The highest BCUT2D eigenvalue weighted by Crippen LogP contribution is 2.32. The number of likely N-dealkylation sites (N-methyl/N-ethyl adjacent to an activating group) is 1. The second-order valence-electron chi connectivity index (χ2n) is 6.75. The first-order valence-electron chi connectivity index (χ1n) is 8.82. The average molecular weight is 412 g/mol. The zero-order valence-corrected chi connectivity index (χ0v) is 16.0. The number of aliphatic hydroxyl groups excluding tert-OH is 1. The minimum Gasteiger partial charge on any atom is -0.390 e. The van der Waals surface area contributed by atoms with Crippen LogP contribution in [-0.4, -0.2) is 45.0 Å². The molecule has 9 heteroatoms. The van der Waals surface area contributed by atoms with Crippen molar-refractivity contribution in [1.29, 1.82) is 0 Å². The largest absolute Gasteiger partial charge is 0.390 e. The summed E-state index contributed by atoms with van der Waals surface area (Å²) in [5.41, 5.74) is 1.10. The summed E-state index contributed by atoms with van der Waals surface area (Å²) in [4.78, 5) is 0. The minimum atomic E-state index is -3.72. The molecule has 0 saturated heterocycles. The third-order valence-corrected chi connectivity index (χ3v) is 5.84. The van der Waals surface area contributed by atoms with E-state index < -0.39 is 39.9 Å². The van der Waals surface area contributed by atoms with Crippen molar-refractivity contribution in [3.63, 3.8) is 0 Å². The Morgan fingerprint density at radius 2 is 1.89 bits per heavy atom. The van der Waals surface area contributed by atoms with Crippen molar-refractivity contribution in [2.75, 3.05) is 19.3 Å². The summed E-state index contributed by atoms with van der Waals surface area (Å²) < 4.78 is 55.7. The molecule has 2 aromatic carbocycles. The van der Waals surface area contributed by atoms with Crippen LogP contribution in [0.15, 0.2) is 42.5 Å². The predicted octanol–water partition coefficient (Wildman–Crippen LogP) is 1.51. The molecular formula is C19H22F2N2O4S. The molecule has 0 aromatic heterocycles. The smallest absolute Gasteiger partial charge is 0.311 e. The number of nitrogens with one attached hydrogen (secondary N) is 2. The lowest BCUT2D eigenvalue weighted by Crippen LogP contribution is -2.47. The summed E-state index contributed by atoms with van der Waals surface area (Å²) in [6, 6.07) is 9.00. The Morgan fingerprint density at radius 1 is 1.21 bits per heavy atom. The Kier molecular flexibility index (Phi) is 6.29. The van der Waals surface area contributed by atoms with Crippen LogP contribution in [0.5, 0.6) is 5.75 Å². The zero-order valence-electron chi connectivity index (χ0n) is 15.2. The van der Waals surface area contributed by atoms with Gasteiger partial charge >= 0.3 is 10.1 Å². The third kappa shape index (κ3) is 5.05. The van der Waals surface area contributed by atoms with Gasteiger partial charge in [0.05, 0.1) is 12.1 Å². The summed E-state index contributed by atoms with van der Waals surface area (Å²) >= 11 is 0. The quantitative estimate of drug-likeness (QED) is 0.598. The molecule has 6 nitrogen and oxygen atoms in total. The number of benzene rings is 2. The Balaban J connectivity index is 1.67. The van der Waals surface area contributed by atoms with E-state index in [0.29, 0.717) is 11.1 Å². The van der Waals surface area contributed by atoms with E-state index in [0.717, 1.165) is 6.07 Å². The molecule has 28 heavy (non-hydrogen) atoms. The Bertz CT molecular complexity index is 919. The van der Waals surface area contributed by atoms with Gasteiger partial charge in [-0.3, -0.25) is 0 Å². The molecule has 1 aliphatic heterocycles. The fraction of sp³-hybridized carbons (Fsp3) is 0.368. The van der Waals surface area contributed by atoms with E-state index in [1.807, 2.05) is 0 Å². The molecule has 0 spiro atoms. The zero-order chi connectivity index (χ0) is 20.3. The summed E-state index contributed by atoms with van der Waals surface area (Å²) in [5, 5.41) is 16.5. The molecule has 1 unspecified atom stereocenters. The Hall–Kier alpha value is -2.07. The first-order chi connectivity index (χ1) is 13.3. The van der Waals surface area contributed by atoms with Crippen LogP contribution in [0.3, 0.4) is 0 Å². The maximum absolute atomic E-state index is 13.4. The second-order valence-corrected chi connectivity index (χ2v) is 8.37. The van der Waals surface area contributed by atoms with E-state index in [2.05, 4.69) is 10.6 Å². The van der Waals surface area contributed by atoms with Crippen molar-refractivity contribution in [1.82, 2.24) is 10.6 Å². The van der Waals surface area contributed by atoms with Gasteiger partial charge < -0.3 is 19.9 Å². The van der Waals surface area contributed by atoms with Gasteiger partial charge in [0.1, 0.15) is 23.1 Å². The fourth-order valence-electron chi connectivity index (χ4n) is 3.30. The van der Waals surface area contributed by atoms with Crippen LogP contribution in [0.25, 0.3) is 0 Å². The van der Waals surface area contributed by atoms with E-state index in [-0.39, 0.29) is 24.5 Å². The average Bonchev–Trinajstić information content (AvgIpc) is 2.62. The minimum absolute atomic E-state index is 0.0812. The number of hydrogen-bond acceptors (Lipinski definition) is 6. The van der Waals surface area contributed by atoms with Crippen LogP contribution in [0.4, 0.5) is 8.78 Å². The molecule has 3 rings (SSSR count). The monoisotopic (exact) mass is 412 g/mol. The van der Waals surface area contributed by atoms with Gasteiger partial charge in [0.25, 0.3) is 0 Å². The normalized spacial score (nSPS) is 20.1. The van der Waals surface area contributed by atoms with E-state index in [1.54, 1.807) is 31.3 Å². The summed E-state index contributed by atoms with van der Waals surface area (Å²) in [6.07, 6.45) is -0.717. The van der Waals surface area contributed by atoms with Crippen molar-refractivity contribution < 1.29 is 26.5 Å². The fourth-order valence-corrected chi connectivity index (χ4v) is 4.50. The Labute approximate surface area is 162 Å². The van der Waals surface area contributed by atoms with Crippen molar-refractivity contribution in [2.45, 2.75) is 24.6 Å². The number of hydrogen-bond donors (Lipinski definition) is 3. The first-order valence-corrected chi connectivity index (χ1v) is 10.4. The van der Waals surface area contributed by atoms with Crippen LogP contribution in [-0.2, 0) is 16.5 Å². The number of halogens is 2. The molecule has 0 aliphatic carbocycles. The highest BCUT2D eigenvalue weighted by atomic mass is 32.2. The summed E-state index contributed by atoms with van der Waals surface area (Å²) in [7, 11) is -2.08. The number of fused-ring (bicyclic) bond motifs is 1. The Morgan fingerprint density at radius 3 is 2.57 bits per heavy atom. The molecule has 0 bridgehead atoms. The lowest BCUT2D eigenvalue weighted by Gasteiger charge is -2.29. The molecule has 1 heterocycles. The molecule has 3 N–H and O–H groups in total. The van der Waals surface area contributed by atoms with Gasteiger partial charge in [-0.15, -0.1) is 0 Å². The van der Waals surface area contributed by atoms with E-state index in [1.165, 1.54) is 12.1 Å². The molecule has 3 atom stereocenters. The van der Waals surface area contributed by atoms with Gasteiger partial charge in [0.2, 0.25) is 0 Å². The van der Waals surface area contributed by atoms with Gasteiger partial charge in [0.15, 0.2) is 0 Å². The predicted molar refractivity (Wildman–Crippen MR) is 101 cm³/mol. The van der Waals surface area contributed by atoms with Gasteiger partial charge in [-0.2, -0.15) is 8.42 Å². The molecule has 2 aromatic rings. The molecule has 0 radical (unpaired) electrons. The summed E-state index contributed by atoms with van der Waals surface area (Å²) in [5.74, 6) is -1.35. The van der Waals surface area contributed by atoms with Crippen LogP contribution in [0.2, 0.25) is 0 Å². The second kappa shape index (κ2) is 8.52. The van der Waals surface area contributed by atoms with Crippen LogP contribution < -0.4 is 14.8 Å². The van der Waals surface area contributed by atoms with Gasteiger partial charge in [-0.1, -0.05) is 18.2 Å². The molecule has 0 saturated carbocycles. The van der Waals surface area contributed by atoms with Gasteiger partial charge in [0, 0.05) is 24.2 Å². The molecule has 1 aliphatic rings. The lowest BCUT2D eigenvalue weighted by atomic mass is 10.00. The highest BCUT2D eigenvalue weighted by molar-refractivity contribution is 7.87. The first kappa shape index (κ1) is 20.7. The summed E-state index contributed by atoms with van der Waals surface area (Å²) in [6.45, 7) is 0.0812. The van der Waals surface area contributed by atoms with Crippen LogP contribution >= 0.6 is 0 Å². The van der Waals surface area contributed by atoms with Gasteiger partial charge in [-0.05, 0) is 37.2 Å². The van der Waals surface area contributed by atoms with Crippen LogP contribution in [0, 0.1) is 11.6 Å². The van der Waals surface area contributed by atoms with Crippen molar-refractivity contribution >= 4 is 10.1 Å². The SMILES string of the molecule is CN[C@@H](Cc1cc(F)cc(F)c1)[C@H](O)CNC1CS(=O)(=O)Oc2ccccc21. The molecule has 0 fully saturated rings. The molecule has 152 valence electrons. The van der Waals surface area contributed by atoms with E-state index in [4.69, 9.17) is 4.18 Å². The highest BCUT2D eigenvalue weighted by Gasteiger charge is 2.31. The third-order valence-electron chi connectivity index (χ3n) is 4.67.